The first kappa shape index (κ1) is 16.6. The van der Waals surface area contributed by atoms with Crippen LogP contribution in [0.1, 0.15) is 23.6 Å². The van der Waals surface area contributed by atoms with Gasteiger partial charge in [-0.3, -0.25) is 4.79 Å². The van der Waals surface area contributed by atoms with Crippen LogP contribution in [0, 0.1) is 5.82 Å². The molecule has 2 unspecified atom stereocenters. The summed E-state index contributed by atoms with van der Waals surface area (Å²) in [6.45, 7) is 0. The van der Waals surface area contributed by atoms with Gasteiger partial charge in [-0.2, -0.15) is 5.10 Å². The molecule has 1 fully saturated rings. The molecule has 5 nitrogen and oxygen atoms in total. The molecule has 3 rings (SSSR count). The van der Waals surface area contributed by atoms with E-state index >= 15 is 0 Å². The molecule has 0 radical (unpaired) electrons. The fraction of sp³-hybridized carbons (Fsp3) is 0.176. The zero-order chi connectivity index (χ0) is 16.9. The Morgan fingerprint density at radius 1 is 1.17 bits per heavy atom. The zero-order valence-electron chi connectivity index (χ0n) is 12.7. The third-order valence-electron chi connectivity index (χ3n) is 3.75. The van der Waals surface area contributed by atoms with Gasteiger partial charge in [0.1, 0.15) is 11.9 Å². The van der Waals surface area contributed by atoms with E-state index in [1.54, 1.807) is 42.6 Å². The van der Waals surface area contributed by atoms with Gasteiger partial charge in [-0.15, -0.1) is 0 Å². The van der Waals surface area contributed by atoms with Crippen LogP contribution in [-0.2, 0) is 4.79 Å². The van der Waals surface area contributed by atoms with E-state index in [4.69, 9.17) is 11.6 Å². The predicted octanol–water partition coefficient (Wildman–Crippen LogP) is 2.54. The lowest BCUT2D eigenvalue weighted by molar-refractivity contribution is -0.122. The Bertz CT molecular complexity index is 733. The second-order valence-corrected chi connectivity index (χ2v) is 5.90. The van der Waals surface area contributed by atoms with Crippen LogP contribution < -0.4 is 16.3 Å². The van der Waals surface area contributed by atoms with Crippen molar-refractivity contribution in [1.82, 2.24) is 16.3 Å². The number of hydrazone groups is 1. The molecule has 124 valence electrons. The summed E-state index contributed by atoms with van der Waals surface area (Å²) in [7, 11) is 0. The zero-order valence-corrected chi connectivity index (χ0v) is 13.4. The Labute approximate surface area is 143 Å². The van der Waals surface area contributed by atoms with Gasteiger partial charge in [-0.05, 0) is 41.8 Å². The van der Waals surface area contributed by atoms with Gasteiger partial charge < -0.3 is 0 Å². The third kappa shape index (κ3) is 4.17. The number of hydrogen-bond donors (Lipinski definition) is 3. The average molecular weight is 347 g/mol. The smallest absolute Gasteiger partial charge is 0.258 e. The number of benzene rings is 2. The van der Waals surface area contributed by atoms with Crippen LogP contribution in [-0.4, -0.2) is 18.2 Å². The topological polar surface area (TPSA) is 65.5 Å². The summed E-state index contributed by atoms with van der Waals surface area (Å²) in [5.74, 6) is -0.520. The standard InChI is InChI=1S/C17H16ClFN4O/c18-13-5-1-11(2-6-13)10-20-23-17(24)16-9-15(21-22-16)12-3-7-14(19)8-4-12/h1-8,10,15-16,21-22H,9H2,(H,23,24)/b20-10+. The van der Waals surface area contributed by atoms with Crippen molar-refractivity contribution in [3.05, 3.63) is 70.5 Å². The van der Waals surface area contributed by atoms with Crippen LogP contribution >= 0.6 is 11.6 Å². The molecule has 0 saturated carbocycles. The van der Waals surface area contributed by atoms with Gasteiger partial charge >= 0.3 is 0 Å². The first-order valence-electron chi connectivity index (χ1n) is 7.47. The minimum Gasteiger partial charge on any atom is -0.271 e. The largest absolute Gasteiger partial charge is 0.271 e. The first-order valence-corrected chi connectivity index (χ1v) is 7.84. The predicted molar refractivity (Wildman–Crippen MR) is 91.0 cm³/mol. The van der Waals surface area contributed by atoms with E-state index in [1.807, 2.05) is 0 Å². The summed E-state index contributed by atoms with van der Waals surface area (Å²) in [6.07, 6.45) is 2.10. The van der Waals surface area contributed by atoms with Gasteiger partial charge in [-0.1, -0.05) is 35.9 Å². The van der Waals surface area contributed by atoms with Crippen molar-refractivity contribution in [2.24, 2.45) is 5.10 Å². The molecule has 1 aliphatic rings. The van der Waals surface area contributed by atoms with Crippen molar-refractivity contribution >= 4 is 23.7 Å². The SMILES string of the molecule is O=C(N/N=C/c1ccc(Cl)cc1)C1CC(c2ccc(F)cc2)NN1. The van der Waals surface area contributed by atoms with Gasteiger partial charge in [0, 0.05) is 11.1 Å². The number of nitrogens with one attached hydrogen (secondary N) is 3. The third-order valence-corrected chi connectivity index (χ3v) is 4.00. The highest BCUT2D eigenvalue weighted by molar-refractivity contribution is 6.30. The molecule has 0 spiro atoms. The molecular formula is C17H16ClFN4O. The monoisotopic (exact) mass is 346 g/mol. The van der Waals surface area contributed by atoms with Crippen LogP contribution in [0.15, 0.2) is 53.6 Å². The molecule has 1 aliphatic heterocycles. The summed E-state index contributed by atoms with van der Waals surface area (Å²) < 4.78 is 13.0. The highest BCUT2D eigenvalue weighted by Crippen LogP contribution is 2.22. The van der Waals surface area contributed by atoms with E-state index in [1.165, 1.54) is 12.1 Å². The first-order chi connectivity index (χ1) is 11.6. The molecular weight excluding hydrogens is 331 g/mol. The molecule has 2 atom stereocenters. The molecule has 0 aromatic heterocycles. The maximum Gasteiger partial charge on any atom is 0.258 e. The Balaban J connectivity index is 1.52. The van der Waals surface area contributed by atoms with E-state index in [-0.39, 0.29) is 17.8 Å². The van der Waals surface area contributed by atoms with Gasteiger partial charge in [0.25, 0.3) is 5.91 Å². The summed E-state index contributed by atoms with van der Waals surface area (Å²) in [5, 5.41) is 4.58. The second-order valence-electron chi connectivity index (χ2n) is 5.47. The van der Waals surface area contributed by atoms with E-state index < -0.39 is 6.04 Å². The van der Waals surface area contributed by atoms with Crippen LogP contribution in [0.25, 0.3) is 0 Å². The fourth-order valence-electron chi connectivity index (χ4n) is 2.44. The van der Waals surface area contributed by atoms with Crippen molar-refractivity contribution in [1.29, 1.82) is 0 Å². The van der Waals surface area contributed by atoms with Gasteiger partial charge in [0.05, 0.1) is 6.21 Å². The molecule has 1 heterocycles. The second kappa shape index (κ2) is 7.53. The molecule has 0 bridgehead atoms. The lowest BCUT2D eigenvalue weighted by atomic mass is 10.0. The van der Waals surface area contributed by atoms with E-state index in [0.29, 0.717) is 11.4 Å². The molecule has 1 saturated heterocycles. The molecule has 3 N–H and O–H groups in total. The number of hydrazine groups is 1. The molecule has 2 aromatic carbocycles. The number of amides is 1. The lowest BCUT2D eigenvalue weighted by Crippen LogP contribution is -2.41. The fourth-order valence-corrected chi connectivity index (χ4v) is 2.57. The average Bonchev–Trinajstić information content (AvgIpc) is 3.07. The molecule has 2 aromatic rings. The van der Waals surface area contributed by atoms with Gasteiger partial charge in [-0.25, -0.2) is 20.7 Å². The lowest BCUT2D eigenvalue weighted by Gasteiger charge is -2.09. The number of nitrogens with zero attached hydrogens (tertiary/aromatic N) is 1. The quantitative estimate of drug-likeness (QED) is 0.589. The van der Waals surface area contributed by atoms with Crippen LogP contribution in [0.3, 0.4) is 0 Å². The maximum absolute atomic E-state index is 13.0. The van der Waals surface area contributed by atoms with E-state index in [9.17, 15) is 9.18 Å². The van der Waals surface area contributed by atoms with Crippen molar-refractivity contribution in [2.75, 3.05) is 0 Å². The van der Waals surface area contributed by atoms with Gasteiger partial charge in [0.15, 0.2) is 0 Å². The molecule has 1 amide bonds. The molecule has 7 heteroatoms. The number of halogens is 2. The Morgan fingerprint density at radius 3 is 2.58 bits per heavy atom. The molecule has 24 heavy (non-hydrogen) atoms. The summed E-state index contributed by atoms with van der Waals surface area (Å²) in [5.41, 5.74) is 10.2. The summed E-state index contributed by atoms with van der Waals surface area (Å²) in [6, 6.07) is 12.9. The van der Waals surface area contributed by atoms with Gasteiger partial charge in [0.2, 0.25) is 0 Å². The van der Waals surface area contributed by atoms with Crippen LogP contribution in [0.5, 0.6) is 0 Å². The molecule has 0 aliphatic carbocycles. The number of carbonyl (C=O) groups excluding carboxylic acids is 1. The van der Waals surface area contributed by atoms with Crippen molar-refractivity contribution in [3.63, 3.8) is 0 Å². The summed E-state index contributed by atoms with van der Waals surface area (Å²) >= 11 is 5.80. The van der Waals surface area contributed by atoms with Crippen LogP contribution in [0.4, 0.5) is 4.39 Å². The Morgan fingerprint density at radius 2 is 1.88 bits per heavy atom. The minimum absolute atomic E-state index is 0.0541. The van der Waals surface area contributed by atoms with Crippen molar-refractivity contribution < 1.29 is 9.18 Å². The number of carbonyl (C=O) groups is 1. The highest BCUT2D eigenvalue weighted by Gasteiger charge is 2.29. The summed E-state index contributed by atoms with van der Waals surface area (Å²) in [4.78, 5) is 12.1. The van der Waals surface area contributed by atoms with Crippen LogP contribution in [0.2, 0.25) is 5.02 Å². The van der Waals surface area contributed by atoms with Crippen molar-refractivity contribution in [3.8, 4) is 0 Å². The maximum atomic E-state index is 13.0. The van der Waals surface area contributed by atoms with E-state index in [0.717, 1.165) is 11.1 Å². The normalized spacial score (nSPS) is 20.4. The number of hydrogen-bond acceptors (Lipinski definition) is 4. The Kier molecular flexibility index (Phi) is 5.20. The highest BCUT2D eigenvalue weighted by atomic mass is 35.5. The Hall–Kier alpha value is -2.28. The van der Waals surface area contributed by atoms with E-state index in [2.05, 4.69) is 21.4 Å². The minimum atomic E-state index is -0.414. The number of rotatable bonds is 4. The van der Waals surface area contributed by atoms with Crippen molar-refractivity contribution in [2.45, 2.75) is 18.5 Å².